The smallest absolute Gasteiger partial charge is 0.251 e. The van der Waals surface area contributed by atoms with E-state index in [-0.39, 0.29) is 11.9 Å². The normalized spacial score (nSPS) is 14.7. The SMILES string of the molecule is COc1ccc(Oc2ccnc(-c3ccc(C(=O)N[C@H]4CCCc5ccccc54)cc3)n2)cc1. The Morgan fingerprint density at radius 2 is 1.71 bits per heavy atom. The van der Waals surface area contributed by atoms with Gasteiger partial charge in [-0.15, -0.1) is 0 Å². The molecule has 0 fully saturated rings. The van der Waals surface area contributed by atoms with Gasteiger partial charge < -0.3 is 14.8 Å². The molecule has 1 N–H and O–H groups in total. The molecular formula is C28H25N3O3. The summed E-state index contributed by atoms with van der Waals surface area (Å²) in [5.41, 5.74) is 3.96. The fourth-order valence-corrected chi connectivity index (χ4v) is 4.22. The first kappa shape index (κ1) is 21.6. The number of fused-ring (bicyclic) bond motifs is 1. The number of aromatic nitrogens is 2. The monoisotopic (exact) mass is 451 g/mol. The molecule has 1 aliphatic carbocycles. The van der Waals surface area contributed by atoms with Crippen LogP contribution in [0.3, 0.4) is 0 Å². The van der Waals surface area contributed by atoms with Gasteiger partial charge in [-0.3, -0.25) is 4.79 Å². The molecule has 1 heterocycles. The third kappa shape index (κ3) is 4.76. The summed E-state index contributed by atoms with van der Waals surface area (Å²) in [4.78, 5) is 21.8. The number of aryl methyl sites for hydroxylation is 1. The quantitative estimate of drug-likeness (QED) is 0.404. The van der Waals surface area contributed by atoms with Crippen molar-refractivity contribution in [2.45, 2.75) is 25.3 Å². The van der Waals surface area contributed by atoms with Crippen molar-refractivity contribution in [1.29, 1.82) is 0 Å². The Bertz CT molecular complexity index is 1290. The van der Waals surface area contributed by atoms with Crippen molar-refractivity contribution < 1.29 is 14.3 Å². The first-order valence-electron chi connectivity index (χ1n) is 11.3. The van der Waals surface area contributed by atoms with Crippen molar-refractivity contribution in [3.8, 4) is 28.8 Å². The van der Waals surface area contributed by atoms with Gasteiger partial charge in [0, 0.05) is 23.4 Å². The van der Waals surface area contributed by atoms with E-state index in [9.17, 15) is 4.79 Å². The maximum atomic E-state index is 12.9. The van der Waals surface area contributed by atoms with E-state index in [2.05, 4.69) is 33.5 Å². The molecule has 170 valence electrons. The lowest BCUT2D eigenvalue weighted by Crippen LogP contribution is -2.30. The maximum Gasteiger partial charge on any atom is 0.251 e. The number of carbonyl (C=O) groups is 1. The minimum atomic E-state index is -0.0780. The predicted octanol–water partition coefficient (Wildman–Crippen LogP) is 5.75. The number of rotatable bonds is 6. The molecule has 0 saturated carbocycles. The Morgan fingerprint density at radius 1 is 0.941 bits per heavy atom. The second-order valence-corrected chi connectivity index (χ2v) is 8.19. The zero-order valence-electron chi connectivity index (χ0n) is 18.9. The number of nitrogens with one attached hydrogen (secondary N) is 1. The lowest BCUT2D eigenvalue weighted by Gasteiger charge is -2.26. The van der Waals surface area contributed by atoms with E-state index < -0.39 is 0 Å². The Hall–Kier alpha value is -4.19. The molecular weight excluding hydrogens is 426 g/mol. The number of hydrogen-bond donors (Lipinski definition) is 1. The third-order valence-corrected chi connectivity index (χ3v) is 5.99. The summed E-state index contributed by atoms with van der Waals surface area (Å²) in [6.45, 7) is 0. The van der Waals surface area contributed by atoms with Crippen LogP contribution in [0.1, 0.15) is 40.4 Å². The van der Waals surface area contributed by atoms with Crippen LogP contribution in [0.15, 0.2) is 85.1 Å². The van der Waals surface area contributed by atoms with Crippen LogP contribution < -0.4 is 14.8 Å². The van der Waals surface area contributed by atoms with Gasteiger partial charge in [0.1, 0.15) is 11.5 Å². The summed E-state index contributed by atoms with van der Waals surface area (Å²) in [6, 6.07) is 24.7. The molecule has 34 heavy (non-hydrogen) atoms. The Kier molecular flexibility index (Phi) is 6.21. The lowest BCUT2D eigenvalue weighted by molar-refractivity contribution is 0.0932. The highest BCUT2D eigenvalue weighted by molar-refractivity contribution is 5.94. The molecule has 3 aromatic carbocycles. The number of carbonyl (C=O) groups excluding carboxylic acids is 1. The minimum absolute atomic E-state index is 0.0484. The van der Waals surface area contributed by atoms with E-state index in [1.807, 2.05) is 42.5 Å². The highest BCUT2D eigenvalue weighted by Gasteiger charge is 2.22. The van der Waals surface area contributed by atoms with Crippen LogP contribution in [-0.4, -0.2) is 23.0 Å². The zero-order chi connectivity index (χ0) is 23.3. The van der Waals surface area contributed by atoms with Crippen molar-refractivity contribution in [3.63, 3.8) is 0 Å². The fraction of sp³-hybridized carbons (Fsp3) is 0.179. The molecule has 0 bridgehead atoms. The molecule has 1 aliphatic rings. The first-order chi connectivity index (χ1) is 16.7. The van der Waals surface area contributed by atoms with Gasteiger partial charge in [0.2, 0.25) is 5.88 Å². The van der Waals surface area contributed by atoms with Crippen molar-refractivity contribution in [2.24, 2.45) is 0 Å². The summed E-state index contributed by atoms with van der Waals surface area (Å²) in [5, 5.41) is 3.20. The summed E-state index contributed by atoms with van der Waals surface area (Å²) in [7, 11) is 1.62. The Morgan fingerprint density at radius 3 is 2.50 bits per heavy atom. The summed E-state index contributed by atoms with van der Waals surface area (Å²) in [5.74, 6) is 2.30. The Balaban J connectivity index is 1.28. The maximum absolute atomic E-state index is 12.9. The molecule has 1 atom stereocenters. The van der Waals surface area contributed by atoms with Crippen molar-refractivity contribution in [1.82, 2.24) is 15.3 Å². The van der Waals surface area contributed by atoms with Crippen molar-refractivity contribution in [2.75, 3.05) is 7.11 Å². The van der Waals surface area contributed by atoms with E-state index in [1.165, 1.54) is 11.1 Å². The second kappa shape index (κ2) is 9.75. The van der Waals surface area contributed by atoms with Crippen LogP contribution >= 0.6 is 0 Å². The van der Waals surface area contributed by atoms with Crippen LogP contribution in [0.25, 0.3) is 11.4 Å². The molecule has 1 aromatic heterocycles. The van der Waals surface area contributed by atoms with Gasteiger partial charge in [0.05, 0.1) is 13.2 Å². The number of nitrogens with zero attached hydrogens (tertiary/aromatic N) is 2. The lowest BCUT2D eigenvalue weighted by atomic mass is 9.87. The Labute approximate surface area is 198 Å². The highest BCUT2D eigenvalue weighted by atomic mass is 16.5. The van der Waals surface area contributed by atoms with E-state index in [0.717, 1.165) is 30.6 Å². The molecule has 0 saturated heterocycles. The minimum Gasteiger partial charge on any atom is -0.497 e. The van der Waals surface area contributed by atoms with Crippen LogP contribution in [0.2, 0.25) is 0 Å². The number of hydrogen-bond acceptors (Lipinski definition) is 5. The van der Waals surface area contributed by atoms with Crippen LogP contribution in [0.5, 0.6) is 17.4 Å². The molecule has 0 unspecified atom stereocenters. The van der Waals surface area contributed by atoms with Crippen LogP contribution in [0, 0.1) is 0 Å². The van der Waals surface area contributed by atoms with Crippen LogP contribution in [0.4, 0.5) is 0 Å². The molecule has 6 nitrogen and oxygen atoms in total. The molecule has 0 radical (unpaired) electrons. The van der Waals surface area contributed by atoms with Crippen molar-refractivity contribution >= 4 is 5.91 Å². The number of amides is 1. The number of methoxy groups -OCH3 is 1. The van der Waals surface area contributed by atoms with E-state index in [1.54, 1.807) is 31.5 Å². The van der Waals surface area contributed by atoms with Gasteiger partial charge in [-0.05, 0) is 66.8 Å². The van der Waals surface area contributed by atoms with Crippen molar-refractivity contribution in [3.05, 3.63) is 102 Å². The standard InChI is InChI=1S/C28H25N3O3/c1-33-22-13-15-23(16-14-22)34-26-17-18-29-27(31-26)20-9-11-21(12-10-20)28(32)30-25-8-4-6-19-5-2-3-7-24(19)25/h2-3,5,7,9-18,25H,4,6,8H2,1H3,(H,30,32)/t25-/m0/s1. The number of benzene rings is 3. The summed E-state index contributed by atoms with van der Waals surface area (Å²) >= 11 is 0. The van der Waals surface area contributed by atoms with Gasteiger partial charge in [-0.1, -0.05) is 36.4 Å². The van der Waals surface area contributed by atoms with E-state index in [0.29, 0.717) is 23.0 Å². The van der Waals surface area contributed by atoms with Gasteiger partial charge in [-0.25, -0.2) is 4.98 Å². The molecule has 5 rings (SSSR count). The average Bonchev–Trinajstić information content (AvgIpc) is 2.89. The van der Waals surface area contributed by atoms with Gasteiger partial charge in [0.25, 0.3) is 5.91 Å². The topological polar surface area (TPSA) is 73.3 Å². The molecule has 0 aliphatic heterocycles. The van der Waals surface area contributed by atoms with Crippen LogP contribution in [-0.2, 0) is 6.42 Å². The summed E-state index contributed by atoms with van der Waals surface area (Å²) < 4.78 is 11.0. The van der Waals surface area contributed by atoms with Gasteiger partial charge >= 0.3 is 0 Å². The van der Waals surface area contributed by atoms with Gasteiger partial charge in [0.15, 0.2) is 5.82 Å². The highest BCUT2D eigenvalue weighted by Crippen LogP contribution is 2.30. The molecule has 0 spiro atoms. The number of ether oxygens (including phenoxy) is 2. The molecule has 6 heteroatoms. The third-order valence-electron chi connectivity index (χ3n) is 5.99. The summed E-state index contributed by atoms with van der Waals surface area (Å²) in [6.07, 6.45) is 4.75. The van der Waals surface area contributed by atoms with E-state index in [4.69, 9.17) is 9.47 Å². The molecule has 1 amide bonds. The predicted molar refractivity (Wildman–Crippen MR) is 130 cm³/mol. The van der Waals surface area contributed by atoms with Gasteiger partial charge in [-0.2, -0.15) is 4.98 Å². The average molecular weight is 452 g/mol. The largest absolute Gasteiger partial charge is 0.497 e. The molecule has 4 aromatic rings. The fourth-order valence-electron chi connectivity index (χ4n) is 4.22. The van der Waals surface area contributed by atoms with E-state index >= 15 is 0 Å². The first-order valence-corrected chi connectivity index (χ1v) is 11.3. The zero-order valence-corrected chi connectivity index (χ0v) is 18.9. The second-order valence-electron chi connectivity index (χ2n) is 8.19.